The molecular formula is C20H19N5O3. The van der Waals surface area contributed by atoms with E-state index < -0.39 is 5.92 Å². The highest BCUT2D eigenvalue weighted by atomic mass is 16.2. The minimum Gasteiger partial charge on any atom is -0.326 e. The van der Waals surface area contributed by atoms with Crippen molar-refractivity contribution in [1.29, 1.82) is 0 Å². The third-order valence-corrected chi connectivity index (χ3v) is 4.90. The van der Waals surface area contributed by atoms with Gasteiger partial charge in [-0.2, -0.15) is 4.99 Å². The summed E-state index contributed by atoms with van der Waals surface area (Å²) in [5, 5.41) is 2.82. The van der Waals surface area contributed by atoms with E-state index in [1.807, 2.05) is 6.08 Å². The molecule has 8 heteroatoms. The Morgan fingerprint density at radius 1 is 1.11 bits per heavy atom. The summed E-state index contributed by atoms with van der Waals surface area (Å²) in [4.78, 5) is 44.8. The number of amidine groups is 1. The molecule has 1 aliphatic carbocycles. The number of anilines is 1. The van der Waals surface area contributed by atoms with E-state index in [1.54, 1.807) is 55.1 Å². The van der Waals surface area contributed by atoms with Crippen LogP contribution in [0, 0.1) is 5.92 Å². The van der Waals surface area contributed by atoms with Gasteiger partial charge in [-0.1, -0.05) is 18.2 Å². The molecule has 8 nitrogen and oxygen atoms in total. The minimum absolute atomic E-state index is 0.123. The molecule has 2 aliphatic rings. The lowest BCUT2D eigenvalue weighted by atomic mass is 9.96. The monoisotopic (exact) mass is 377 g/mol. The Bertz CT molecular complexity index is 1180. The minimum atomic E-state index is -0.410. The van der Waals surface area contributed by atoms with E-state index in [2.05, 4.69) is 15.3 Å². The van der Waals surface area contributed by atoms with Gasteiger partial charge in [-0.25, -0.2) is 9.79 Å². The first-order valence-corrected chi connectivity index (χ1v) is 8.94. The van der Waals surface area contributed by atoms with Crippen molar-refractivity contribution in [2.75, 3.05) is 5.32 Å². The van der Waals surface area contributed by atoms with E-state index >= 15 is 0 Å². The van der Waals surface area contributed by atoms with Crippen LogP contribution in [-0.2, 0) is 23.7 Å². The van der Waals surface area contributed by atoms with Crippen LogP contribution in [0.3, 0.4) is 0 Å². The van der Waals surface area contributed by atoms with E-state index in [9.17, 15) is 14.4 Å². The van der Waals surface area contributed by atoms with Crippen LogP contribution >= 0.6 is 0 Å². The third kappa shape index (κ3) is 3.13. The summed E-state index contributed by atoms with van der Waals surface area (Å²) < 4.78 is 3.09. The zero-order valence-electron chi connectivity index (χ0n) is 15.5. The fourth-order valence-corrected chi connectivity index (χ4v) is 3.36. The second-order valence-electron chi connectivity index (χ2n) is 6.78. The molecule has 1 aromatic carbocycles. The molecule has 1 N–H and O–H groups in total. The summed E-state index contributed by atoms with van der Waals surface area (Å²) in [7, 11) is 3.40. The average molecular weight is 377 g/mol. The molecule has 2 aromatic rings. The van der Waals surface area contributed by atoms with Gasteiger partial charge in [0.25, 0.3) is 5.91 Å². The number of fused-ring (bicyclic) bond motifs is 2. The molecule has 1 atom stereocenters. The predicted octanol–water partition coefficient (Wildman–Crippen LogP) is 1.72. The van der Waals surface area contributed by atoms with Crippen LogP contribution < -0.4 is 11.0 Å². The van der Waals surface area contributed by atoms with Gasteiger partial charge in [0.2, 0.25) is 5.91 Å². The summed E-state index contributed by atoms with van der Waals surface area (Å²) in [6.45, 7) is 0. The molecular weight excluding hydrogens is 358 g/mol. The number of carbonyl (C=O) groups excluding carboxylic acids is 2. The maximum atomic E-state index is 12.3. The van der Waals surface area contributed by atoms with Crippen molar-refractivity contribution in [3.05, 3.63) is 53.0 Å². The van der Waals surface area contributed by atoms with Gasteiger partial charge < -0.3 is 5.32 Å². The molecule has 0 spiro atoms. The second kappa shape index (κ2) is 6.88. The number of aryl methyl sites for hydroxylation is 2. The number of imidazole rings is 1. The molecule has 2 heterocycles. The van der Waals surface area contributed by atoms with Gasteiger partial charge in [0.05, 0.1) is 16.7 Å². The molecule has 142 valence electrons. The van der Waals surface area contributed by atoms with Gasteiger partial charge in [0.15, 0.2) is 0 Å². The Morgan fingerprint density at radius 2 is 1.89 bits per heavy atom. The predicted molar refractivity (Wildman–Crippen MR) is 108 cm³/mol. The van der Waals surface area contributed by atoms with E-state index in [-0.39, 0.29) is 30.3 Å². The first-order valence-electron chi connectivity index (χ1n) is 8.94. The van der Waals surface area contributed by atoms with Gasteiger partial charge >= 0.3 is 5.69 Å². The first kappa shape index (κ1) is 17.8. The number of allylic oxidation sites excluding steroid dienone is 3. The molecule has 0 fully saturated rings. The maximum Gasteiger partial charge on any atom is 0.328 e. The number of rotatable bonds is 4. The van der Waals surface area contributed by atoms with Crippen molar-refractivity contribution >= 4 is 40.1 Å². The van der Waals surface area contributed by atoms with E-state index in [1.165, 1.54) is 4.57 Å². The van der Waals surface area contributed by atoms with E-state index in [0.717, 1.165) is 11.0 Å². The van der Waals surface area contributed by atoms with Crippen LogP contribution in [0.2, 0.25) is 0 Å². The summed E-state index contributed by atoms with van der Waals surface area (Å²) in [5.74, 6) is -0.507. The summed E-state index contributed by atoms with van der Waals surface area (Å²) in [6.07, 6.45) is 7.61. The second-order valence-corrected chi connectivity index (χ2v) is 6.78. The zero-order valence-corrected chi connectivity index (χ0v) is 15.5. The lowest BCUT2D eigenvalue weighted by Crippen LogP contribution is -2.27. The van der Waals surface area contributed by atoms with E-state index in [4.69, 9.17) is 0 Å². The zero-order chi connectivity index (χ0) is 19.8. The van der Waals surface area contributed by atoms with Crippen LogP contribution in [0.4, 0.5) is 5.69 Å². The number of hydrogen-bond acceptors (Lipinski definition) is 4. The number of benzene rings is 1. The Balaban J connectivity index is 1.43. The Hall–Kier alpha value is -3.55. The van der Waals surface area contributed by atoms with Crippen molar-refractivity contribution in [2.45, 2.75) is 12.8 Å². The topological polar surface area (TPSA) is 97.8 Å². The summed E-state index contributed by atoms with van der Waals surface area (Å²) in [6, 6.07) is 5.32. The number of nitrogens with one attached hydrogen (secondary N) is 1. The standard InChI is InChI=1S/C20H19N5O3/c1-24-15-8-7-12(11-16(15)25(2)20(24)28)21-18(26)10-9-17-22-14-6-4-3-5-13(14)19(27)23-17/h3-8,11,13H,9-10H2,1-2H3,(H,21,26). The largest absolute Gasteiger partial charge is 0.328 e. The molecule has 28 heavy (non-hydrogen) atoms. The molecule has 0 bridgehead atoms. The van der Waals surface area contributed by atoms with Gasteiger partial charge in [-0.15, -0.1) is 0 Å². The first-order chi connectivity index (χ1) is 13.4. The number of nitrogens with zero attached hydrogens (tertiary/aromatic N) is 4. The molecule has 0 radical (unpaired) electrons. The average Bonchev–Trinajstić information content (AvgIpc) is 2.90. The van der Waals surface area contributed by atoms with Crippen LogP contribution in [0.15, 0.2) is 57.3 Å². The number of carbonyl (C=O) groups is 2. The van der Waals surface area contributed by atoms with Gasteiger partial charge in [0.1, 0.15) is 11.8 Å². The fourth-order valence-electron chi connectivity index (χ4n) is 3.36. The maximum absolute atomic E-state index is 12.3. The SMILES string of the molecule is Cn1c(=O)n(C)c2cc(NC(=O)CCC3=NC(=O)C4C=CC=CC4=N3)ccc21. The highest BCUT2D eigenvalue weighted by Crippen LogP contribution is 2.19. The van der Waals surface area contributed by atoms with Gasteiger partial charge in [0, 0.05) is 32.6 Å². The number of hydrogen-bond donors (Lipinski definition) is 1. The number of amides is 2. The molecule has 0 saturated heterocycles. The fraction of sp³-hybridized carbons (Fsp3) is 0.250. The van der Waals surface area contributed by atoms with Crippen molar-refractivity contribution in [3.63, 3.8) is 0 Å². The Labute approximate surface area is 160 Å². The third-order valence-electron chi connectivity index (χ3n) is 4.90. The van der Waals surface area contributed by atoms with Crippen molar-refractivity contribution < 1.29 is 9.59 Å². The lowest BCUT2D eigenvalue weighted by Gasteiger charge is -2.17. The summed E-state index contributed by atoms with van der Waals surface area (Å²) >= 11 is 0. The molecule has 0 saturated carbocycles. The molecule has 2 amide bonds. The van der Waals surface area contributed by atoms with Crippen LogP contribution in [0.25, 0.3) is 11.0 Å². The summed E-state index contributed by atoms with van der Waals surface area (Å²) in [5.41, 5.74) is 2.67. The molecule has 4 rings (SSSR count). The van der Waals surface area contributed by atoms with Crippen LogP contribution in [0.1, 0.15) is 12.8 Å². The van der Waals surface area contributed by atoms with Crippen molar-refractivity contribution in [3.8, 4) is 0 Å². The highest BCUT2D eigenvalue weighted by Gasteiger charge is 2.26. The number of aromatic nitrogens is 2. The molecule has 1 aliphatic heterocycles. The number of aliphatic imine (C=N–C) groups is 2. The van der Waals surface area contributed by atoms with Crippen molar-refractivity contribution in [1.82, 2.24) is 9.13 Å². The smallest absolute Gasteiger partial charge is 0.326 e. The quantitative estimate of drug-likeness (QED) is 0.878. The van der Waals surface area contributed by atoms with Crippen molar-refractivity contribution in [2.24, 2.45) is 30.0 Å². The van der Waals surface area contributed by atoms with Gasteiger partial charge in [-0.3, -0.25) is 18.7 Å². The highest BCUT2D eigenvalue weighted by molar-refractivity contribution is 6.21. The Kier molecular flexibility index (Phi) is 4.38. The van der Waals surface area contributed by atoms with Gasteiger partial charge in [-0.05, 0) is 24.3 Å². The molecule has 1 unspecified atom stereocenters. The normalized spacial score (nSPS) is 18.1. The van der Waals surface area contributed by atoms with E-state index in [0.29, 0.717) is 17.2 Å². The van der Waals surface area contributed by atoms with Crippen LogP contribution in [0.5, 0.6) is 0 Å². The Morgan fingerprint density at radius 3 is 2.71 bits per heavy atom. The van der Waals surface area contributed by atoms with Crippen LogP contribution in [-0.4, -0.2) is 32.5 Å². The molecule has 1 aromatic heterocycles. The lowest BCUT2D eigenvalue weighted by molar-refractivity contribution is -0.119.